The fourth-order valence-electron chi connectivity index (χ4n) is 2.84. The van der Waals surface area contributed by atoms with Crippen LogP contribution in [0.5, 0.6) is 5.88 Å². The fourth-order valence-corrected chi connectivity index (χ4v) is 3.91. The second-order valence-electron chi connectivity index (χ2n) is 7.41. The van der Waals surface area contributed by atoms with Crippen molar-refractivity contribution in [2.75, 3.05) is 4.72 Å². The van der Waals surface area contributed by atoms with E-state index in [9.17, 15) is 17.6 Å². The van der Waals surface area contributed by atoms with Crippen LogP contribution in [0.3, 0.4) is 0 Å². The Morgan fingerprint density at radius 2 is 1.91 bits per heavy atom. The van der Waals surface area contributed by atoms with Crippen molar-refractivity contribution < 1.29 is 22.3 Å². The predicted octanol–water partition coefficient (Wildman–Crippen LogP) is 4.05. The van der Waals surface area contributed by atoms with Crippen molar-refractivity contribution in [2.45, 2.75) is 38.3 Å². The Labute approximate surface area is 186 Å². The van der Waals surface area contributed by atoms with Gasteiger partial charge >= 0.3 is 0 Å². The second-order valence-corrected chi connectivity index (χ2v) is 9.10. The highest BCUT2D eigenvalue weighted by atomic mass is 32.2. The fraction of sp³-hybridized carbons (Fsp3) is 0.217. The molecule has 2 aromatic carbocycles. The minimum Gasteiger partial charge on any atom is -0.475 e. The van der Waals surface area contributed by atoms with Gasteiger partial charge in [-0.2, -0.15) is 0 Å². The number of rotatable bonds is 8. The molecule has 0 spiro atoms. The third kappa shape index (κ3) is 5.82. The molecule has 2 N–H and O–H groups in total. The van der Waals surface area contributed by atoms with Crippen LogP contribution < -0.4 is 14.8 Å². The molecule has 1 heterocycles. The van der Waals surface area contributed by atoms with Gasteiger partial charge in [-0.15, -0.1) is 0 Å². The quantitative estimate of drug-likeness (QED) is 0.532. The molecule has 0 radical (unpaired) electrons. The van der Waals surface area contributed by atoms with Gasteiger partial charge in [0.1, 0.15) is 5.82 Å². The number of aryl methyl sites for hydroxylation is 1. The number of aromatic nitrogens is 1. The van der Waals surface area contributed by atoms with Gasteiger partial charge in [0, 0.05) is 29.6 Å². The van der Waals surface area contributed by atoms with Gasteiger partial charge in [0.25, 0.3) is 15.9 Å². The van der Waals surface area contributed by atoms with E-state index in [0.717, 1.165) is 6.07 Å². The smallest absolute Gasteiger partial charge is 0.261 e. The SMILES string of the molecule is Cc1ccc(S(=O)(=O)Nc2cccc(C(=O)NCc3cccnc3OC(C)C)c2)cc1F. The molecule has 0 saturated heterocycles. The monoisotopic (exact) mass is 457 g/mol. The predicted molar refractivity (Wildman–Crippen MR) is 120 cm³/mol. The van der Waals surface area contributed by atoms with E-state index in [2.05, 4.69) is 15.0 Å². The van der Waals surface area contributed by atoms with Crippen molar-refractivity contribution in [3.63, 3.8) is 0 Å². The average molecular weight is 458 g/mol. The van der Waals surface area contributed by atoms with E-state index in [1.165, 1.54) is 24.3 Å². The topological polar surface area (TPSA) is 97.4 Å². The summed E-state index contributed by atoms with van der Waals surface area (Å²) in [4.78, 5) is 16.6. The number of carbonyl (C=O) groups excluding carboxylic acids is 1. The van der Waals surface area contributed by atoms with Gasteiger partial charge in [0.2, 0.25) is 5.88 Å². The lowest BCUT2D eigenvalue weighted by Crippen LogP contribution is -2.24. The molecule has 1 amide bonds. The molecular formula is C23H24FN3O4S. The zero-order valence-electron chi connectivity index (χ0n) is 17.9. The van der Waals surface area contributed by atoms with Crippen molar-refractivity contribution in [1.29, 1.82) is 0 Å². The summed E-state index contributed by atoms with van der Waals surface area (Å²) in [5, 5.41) is 2.78. The van der Waals surface area contributed by atoms with Crippen LogP contribution in [0.15, 0.2) is 65.7 Å². The molecule has 0 saturated carbocycles. The van der Waals surface area contributed by atoms with E-state index in [1.54, 1.807) is 37.4 Å². The van der Waals surface area contributed by atoms with E-state index in [-0.39, 0.29) is 28.8 Å². The molecule has 9 heteroatoms. The number of nitrogens with one attached hydrogen (secondary N) is 2. The first-order valence-corrected chi connectivity index (χ1v) is 11.4. The Morgan fingerprint density at radius 1 is 1.12 bits per heavy atom. The highest BCUT2D eigenvalue weighted by Crippen LogP contribution is 2.20. The molecular weight excluding hydrogens is 433 g/mol. The van der Waals surface area contributed by atoms with Gasteiger partial charge < -0.3 is 10.1 Å². The number of ether oxygens (including phenoxy) is 1. The van der Waals surface area contributed by atoms with Crippen LogP contribution in [0.1, 0.15) is 35.3 Å². The first kappa shape index (κ1) is 23.2. The Bertz CT molecular complexity index is 1230. The highest BCUT2D eigenvalue weighted by Gasteiger charge is 2.17. The number of hydrogen-bond donors (Lipinski definition) is 2. The van der Waals surface area contributed by atoms with Crippen molar-refractivity contribution in [3.05, 3.63) is 83.3 Å². The molecule has 3 rings (SSSR count). The standard InChI is InChI=1S/C23H24FN3O4S/c1-15(2)31-23-18(7-5-11-25-23)14-26-22(28)17-6-4-8-19(12-17)27-32(29,30)20-10-9-16(3)21(24)13-20/h4-13,15,27H,14H2,1-3H3,(H,26,28). The summed E-state index contributed by atoms with van der Waals surface area (Å²) >= 11 is 0. The number of pyridine rings is 1. The minimum absolute atomic E-state index is 0.0638. The van der Waals surface area contributed by atoms with Gasteiger partial charge in [-0.3, -0.25) is 9.52 Å². The first-order chi connectivity index (χ1) is 15.2. The molecule has 0 fully saturated rings. The lowest BCUT2D eigenvalue weighted by atomic mass is 10.2. The van der Waals surface area contributed by atoms with Crippen LogP contribution >= 0.6 is 0 Å². The number of sulfonamides is 1. The molecule has 0 aliphatic rings. The lowest BCUT2D eigenvalue weighted by molar-refractivity contribution is 0.0950. The van der Waals surface area contributed by atoms with Crippen LogP contribution in [0.25, 0.3) is 0 Å². The molecule has 0 bridgehead atoms. The van der Waals surface area contributed by atoms with Crippen LogP contribution in [0, 0.1) is 12.7 Å². The Hall–Kier alpha value is -3.46. The van der Waals surface area contributed by atoms with Crippen LogP contribution in [-0.4, -0.2) is 25.4 Å². The summed E-state index contributed by atoms with van der Waals surface area (Å²) in [5.41, 5.74) is 1.50. The molecule has 168 valence electrons. The summed E-state index contributed by atoms with van der Waals surface area (Å²) in [6.45, 7) is 5.50. The van der Waals surface area contributed by atoms with Gasteiger partial charge in [-0.1, -0.05) is 18.2 Å². The van der Waals surface area contributed by atoms with Crippen molar-refractivity contribution in [1.82, 2.24) is 10.3 Å². The molecule has 0 unspecified atom stereocenters. The van der Waals surface area contributed by atoms with Gasteiger partial charge in [-0.25, -0.2) is 17.8 Å². The minimum atomic E-state index is -4.01. The number of anilines is 1. The highest BCUT2D eigenvalue weighted by molar-refractivity contribution is 7.92. The molecule has 32 heavy (non-hydrogen) atoms. The number of hydrogen-bond acceptors (Lipinski definition) is 5. The maximum absolute atomic E-state index is 13.8. The molecule has 0 aliphatic carbocycles. The summed E-state index contributed by atoms with van der Waals surface area (Å²) in [6, 6.07) is 13.3. The summed E-state index contributed by atoms with van der Waals surface area (Å²) < 4.78 is 47.0. The average Bonchev–Trinajstić information content (AvgIpc) is 2.74. The van der Waals surface area contributed by atoms with Gasteiger partial charge in [-0.05, 0) is 62.7 Å². The van der Waals surface area contributed by atoms with Gasteiger partial charge in [0.05, 0.1) is 11.0 Å². The summed E-state index contributed by atoms with van der Waals surface area (Å²) in [5.74, 6) is -0.571. The summed E-state index contributed by atoms with van der Waals surface area (Å²) in [6.07, 6.45) is 1.55. The zero-order chi connectivity index (χ0) is 23.3. The number of amides is 1. The maximum atomic E-state index is 13.8. The van der Waals surface area contributed by atoms with Crippen molar-refractivity contribution in [3.8, 4) is 5.88 Å². The summed E-state index contributed by atoms with van der Waals surface area (Å²) in [7, 11) is -4.01. The van der Waals surface area contributed by atoms with E-state index in [0.29, 0.717) is 17.0 Å². The molecule has 1 aromatic heterocycles. The number of nitrogens with zero attached hydrogens (tertiary/aromatic N) is 1. The van der Waals surface area contributed by atoms with E-state index < -0.39 is 21.7 Å². The third-order valence-corrected chi connectivity index (χ3v) is 5.85. The van der Waals surface area contributed by atoms with E-state index in [4.69, 9.17) is 4.74 Å². The second kappa shape index (κ2) is 9.78. The zero-order valence-corrected chi connectivity index (χ0v) is 18.7. The van der Waals surface area contributed by atoms with E-state index in [1.807, 2.05) is 13.8 Å². The maximum Gasteiger partial charge on any atom is 0.261 e. The van der Waals surface area contributed by atoms with Crippen molar-refractivity contribution >= 4 is 21.6 Å². The Morgan fingerprint density at radius 3 is 2.62 bits per heavy atom. The Balaban J connectivity index is 1.72. The van der Waals surface area contributed by atoms with Gasteiger partial charge in [0.15, 0.2) is 0 Å². The van der Waals surface area contributed by atoms with Crippen molar-refractivity contribution in [2.24, 2.45) is 0 Å². The molecule has 7 nitrogen and oxygen atoms in total. The number of benzene rings is 2. The van der Waals surface area contributed by atoms with E-state index >= 15 is 0 Å². The van der Waals surface area contributed by atoms with Crippen LogP contribution in [0.2, 0.25) is 0 Å². The molecule has 0 aliphatic heterocycles. The molecule has 3 aromatic rings. The van der Waals surface area contributed by atoms with Crippen LogP contribution in [-0.2, 0) is 16.6 Å². The number of carbonyl (C=O) groups is 1. The first-order valence-electron chi connectivity index (χ1n) is 9.93. The largest absolute Gasteiger partial charge is 0.475 e. The lowest BCUT2D eigenvalue weighted by Gasteiger charge is -2.13. The molecule has 0 atom stereocenters. The van der Waals surface area contributed by atoms with Crippen LogP contribution in [0.4, 0.5) is 10.1 Å². The Kier molecular flexibility index (Phi) is 7.09. The third-order valence-electron chi connectivity index (χ3n) is 4.47. The normalized spacial score (nSPS) is 11.3. The number of halogens is 1.